The molecule has 21 heavy (non-hydrogen) atoms. The van der Waals surface area contributed by atoms with Gasteiger partial charge >= 0.3 is 8.56 Å². The van der Waals surface area contributed by atoms with Crippen molar-refractivity contribution in [2.45, 2.75) is 89.1 Å². The summed E-state index contributed by atoms with van der Waals surface area (Å²) in [5, 5.41) is 0. The lowest BCUT2D eigenvalue weighted by atomic mass is 10.0. The van der Waals surface area contributed by atoms with Crippen LogP contribution < -0.4 is 0 Å². The molecule has 2 unspecified atom stereocenters. The summed E-state index contributed by atoms with van der Waals surface area (Å²) in [5.74, 6) is 1.72. The first-order chi connectivity index (χ1) is 10.2. The first-order valence-electron chi connectivity index (χ1n) is 9.33. The molecule has 0 aromatic heterocycles. The van der Waals surface area contributed by atoms with Crippen molar-refractivity contribution in [2.75, 3.05) is 14.2 Å². The van der Waals surface area contributed by atoms with Crippen LogP contribution in [0.25, 0.3) is 0 Å². The second kappa shape index (κ2) is 8.12. The molecule has 2 nitrogen and oxygen atoms in total. The van der Waals surface area contributed by atoms with Gasteiger partial charge in [-0.05, 0) is 11.8 Å². The summed E-state index contributed by atoms with van der Waals surface area (Å²) < 4.78 is 12.7. The van der Waals surface area contributed by atoms with Crippen LogP contribution >= 0.6 is 0 Å². The highest BCUT2D eigenvalue weighted by Crippen LogP contribution is 2.52. The summed E-state index contributed by atoms with van der Waals surface area (Å²) in [7, 11) is 1.77. The molecule has 0 aliphatic heterocycles. The van der Waals surface area contributed by atoms with Crippen LogP contribution in [-0.2, 0) is 8.85 Å². The van der Waals surface area contributed by atoms with Crippen LogP contribution in [0.2, 0.25) is 11.1 Å². The number of rotatable bonds is 8. The lowest BCUT2D eigenvalue weighted by Gasteiger charge is -2.45. The van der Waals surface area contributed by atoms with Gasteiger partial charge < -0.3 is 8.85 Å². The third-order valence-electron chi connectivity index (χ3n) is 6.49. The van der Waals surface area contributed by atoms with E-state index in [2.05, 4.69) is 13.8 Å². The largest absolute Gasteiger partial charge is 0.397 e. The van der Waals surface area contributed by atoms with Gasteiger partial charge in [0.15, 0.2) is 0 Å². The van der Waals surface area contributed by atoms with Gasteiger partial charge in [-0.25, -0.2) is 0 Å². The minimum atomic E-state index is -2.13. The maximum Gasteiger partial charge on any atom is 0.344 e. The van der Waals surface area contributed by atoms with E-state index in [4.69, 9.17) is 8.85 Å². The Bertz CT molecular complexity index is 266. The average molecular weight is 313 g/mol. The average Bonchev–Trinajstić information content (AvgIpc) is 3.20. The zero-order chi connectivity index (χ0) is 15.3. The Morgan fingerprint density at radius 2 is 1.10 bits per heavy atom. The Kier molecular flexibility index (Phi) is 6.76. The molecule has 2 saturated carbocycles. The van der Waals surface area contributed by atoms with Gasteiger partial charge in [0.1, 0.15) is 0 Å². The van der Waals surface area contributed by atoms with E-state index in [1.807, 2.05) is 14.2 Å². The van der Waals surface area contributed by atoms with Gasteiger partial charge in [-0.1, -0.05) is 78.1 Å². The van der Waals surface area contributed by atoms with E-state index in [9.17, 15) is 0 Å². The fraction of sp³-hybridized carbons (Fsp3) is 1.00. The molecule has 2 fully saturated rings. The first kappa shape index (κ1) is 17.5. The summed E-state index contributed by atoms with van der Waals surface area (Å²) in [6, 6.07) is 0. The maximum absolute atomic E-state index is 6.33. The second-order valence-electron chi connectivity index (χ2n) is 7.25. The molecule has 0 heterocycles. The van der Waals surface area contributed by atoms with E-state index >= 15 is 0 Å². The van der Waals surface area contributed by atoms with Gasteiger partial charge in [0.05, 0.1) is 0 Å². The second-order valence-corrected chi connectivity index (χ2v) is 11.0. The topological polar surface area (TPSA) is 18.5 Å². The van der Waals surface area contributed by atoms with E-state index < -0.39 is 8.56 Å². The van der Waals surface area contributed by atoms with Crippen LogP contribution in [0, 0.1) is 11.8 Å². The van der Waals surface area contributed by atoms with Crippen LogP contribution in [0.1, 0.15) is 78.1 Å². The fourth-order valence-corrected chi connectivity index (χ4v) is 10.6. The summed E-state index contributed by atoms with van der Waals surface area (Å²) >= 11 is 0. The molecule has 0 radical (unpaired) electrons. The van der Waals surface area contributed by atoms with Crippen molar-refractivity contribution >= 4 is 8.56 Å². The van der Waals surface area contributed by atoms with E-state index in [0.717, 1.165) is 11.8 Å². The van der Waals surface area contributed by atoms with E-state index in [1.165, 1.54) is 64.2 Å². The Hall–Kier alpha value is 0.137. The Balaban J connectivity index is 2.26. The summed E-state index contributed by atoms with van der Waals surface area (Å²) in [5.41, 5.74) is 1.39. The van der Waals surface area contributed by atoms with Crippen molar-refractivity contribution in [1.29, 1.82) is 0 Å². The molecule has 0 bridgehead atoms. The lowest BCUT2D eigenvalue weighted by molar-refractivity contribution is 0.183. The van der Waals surface area contributed by atoms with Crippen molar-refractivity contribution in [3.05, 3.63) is 0 Å². The van der Waals surface area contributed by atoms with Crippen molar-refractivity contribution in [1.82, 2.24) is 0 Å². The van der Waals surface area contributed by atoms with E-state index in [-0.39, 0.29) is 0 Å². The molecule has 2 rings (SSSR count). The minimum Gasteiger partial charge on any atom is -0.397 e. The van der Waals surface area contributed by atoms with Gasteiger partial charge in [-0.2, -0.15) is 0 Å². The highest BCUT2D eigenvalue weighted by molar-refractivity contribution is 6.70. The molecule has 2 aliphatic rings. The molecule has 0 aromatic carbocycles. The van der Waals surface area contributed by atoms with Gasteiger partial charge in [-0.15, -0.1) is 0 Å². The highest BCUT2D eigenvalue weighted by Gasteiger charge is 2.54. The van der Waals surface area contributed by atoms with Crippen LogP contribution in [0.15, 0.2) is 0 Å². The monoisotopic (exact) mass is 312 g/mol. The number of hydrogen-bond donors (Lipinski definition) is 0. The lowest BCUT2D eigenvalue weighted by Crippen LogP contribution is -2.53. The molecule has 0 aromatic rings. The van der Waals surface area contributed by atoms with Gasteiger partial charge in [0, 0.05) is 25.3 Å². The van der Waals surface area contributed by atoms with Crippen LogP contribution in [0.5, 0.6) is 0 Å². The standard InChI is InChI=1S/C18H36O2Si/c1-5-17(15-11-7-8-12-15)21(19-3,20-4)18(6-2)16-13-9-10-14-16/h15-18H,5-14H2,1-4H3. The molecule has 0 spiro atoms. The predicted octanol–water partition coefficient (Wildman–Crippen LogP) is 5.66. The SMILES string of the molecule is CCC(C1CCCC1)[Si](OC)(OC)C(CC)C1CCCC1. The summed E-state index contributed by atoms with van der Waals surface area (Å²) in [4.78, 5) is 0. The Morgan fingerprint density at radius 1 is 0.762 bits per heavy atom. The van der Waals surface area contributed by atoms with Gasteiger partial charge in [0.25, 0.3) is 0 Å². The quantitative estimate of drug-likeness (QED) is 0.538. The molecule has 124 valence electrons. The molecule has 0 saturated heterocycles. The Labute approximate surface area is 133 Å². The molecular weight excluding hydrogens is 276 g/mol. The van der Waals surface area contributed by atoms with Gasteiger partial charge in [0.2, 0.25) is 0 Å². The van der Waals surface area contributed by atoms with E-state index in [0.29, 0.717) is 11.1 Å². The fourth-order valence-electron chi connectivity index (χ4n) is 5.58. The van der Waals surface area contributed by atoms with Crippen molar-refractivity contribution < 1.29 is 8.85 Å². The number of hydrogen-bond acceptors (Lipinski definition) is 2. The Morgan fingerprint density at radius 3 is 1.33 bits per heavy atom. The zero-order valence-corrected chi connectivity index (χ0v) is 15.7. The molecule has 2 aliphatic carbocycles. The molecule has 0 N–H and O–H groups in total. The minimum absolute atomic E-state index is 0.695. The summed E-state index contributed by atoms with van der Waals surface area (Å²) in [6.07, 6.45) is 13.8. The third kappa shape index (κ3) is 3.40. The summed E-state index contributed by atoms with van der Waals surface area (Å²) in [6.45, 7) is 4.73. The van der Waals surface area contributed by atoms with Gasteiger partial charge in [-0.3, -0.25) is 0 Å². The van der Waals surface area contributed by atoms with Crippen molar-refractivity contribution in [3.63, 3.8) is 0 Å². The smallest absolute Gasteiger partial charge is 0.344 e. The maximum atomic E-state index is 6.33. The predicted molar refractivity (Wildman–Crippen MR) is 91.8 cm³/mol. The first-order valence-corrected chi connectivity index (χ1v) is 11.3. The molecule has 3 heteroatoms. The van der Waals surface area contributed by atoms with Crippen molar-refractivity contribution in [3.8, 4) is 0 Å². The van der Waals surface area contributed by atoms with Crippen LogP contribution in [-0.4, -0.2) is 22.8 Å². The molecule has 0 amide bonds. The highest BCUT2D eigenvalue weighted by atomic mass is 28.4. The zero-order valence-electron chi connectivity index (χ0n) is 14.7. The normalized spacial score (nSPS) is 24.6. The van der Waals surface area contributed by atoms with Crippen molar-refractivity contribution in [2.24, 2.45) is 11.8 Å². The van der Waals surface area contributed by atoms with E-state index in [1.54, 1.807) is 0 Å². The molecular formula is C18H36O2Si. The molecule has 2 atom stereocenters. The van der Waals surface area contributed by atoms with Crippen LogP contribution in [0.4, 0.5) is 0 Å². The third-order valence-corrected chi connectivity index (χ3v) is 11.6. The van der Waals surface area contributed by atoms with Crippen LogP contribution in [0.3, 0.4) is 0 Å².